The van der Waals surface area contributed by atoms with Crippen molar-refractivity contribution < 1.29 is 14.4 Å². The number of nitrogens with zero attached hydrogens (tertiary/aromatic N) is 1. The molecule has 0 unspecified atom stereocenters. The first kappa shape index (κ1) is 22.7. The molecule has 1 aliphatic heterocycles. The van der Waals surface area contributed by atoms with E-state index in [2.05, 4.69) is 29.6 Å². The van der Waals surface area contributed by atoms with Crippen molar-refractivity contribution in [3.63, 3.8) is 0 Å². The lowest BCUT2D eigenvalue weighted by atomic mass is 9.55. The molecule has 3 aliphatic carbocycles. The van der Waals surface area contributed by atoms with E-state index in [0.717, 1.165) is 33.4 Å². The summed E-state index contributed by atoms with van der Waals surface area (Å²) in [5.41, 5.74) is 7.90. The van der Waals surface area contributed by atoms with Crippen LogP contribution in [-0.4, -0.2) is 17.7 Å². The van der Waals surface area contributed by atoms with Crippen molar-refractivity contribution >= 4 is 29.1 Å². The van der Waals surface area contributed by atoms with Crippen LogP contribution >= 0.6 is 0 Å². The number of carbonyl (C=O) groups excluding carboxylic acids is 3. The highest BCUT2D eigenvalue weighted by molar-refractivity contribution is 6.26. The molecule has 186 valence electrons. The first-order chi connectivity index (χ1) is 18.4. The minimum absolute atomic E-state index is 0.185. The van der Waals surface area contributed by atoms with Gasteiger partial charge in [0.1, 0.15) is 0 Å². The van der Waals surface area contributed by atoms with E-state index in [9.17, 15) is 14.4 Å². The Bertz CT molecular complexity index is 1540. The Labute approximate surface area is 221 Å². The van der Waals surface area contributed by atoms with Gasteiger partial charge in [0.2, 0.25) is 11.8 Å². The number of amides is 3. The Kier molecular flexibility index (Phi) is 4.92. The smallest absolute Gasteiger partial charge is 0.257 e. The molecule has 0 radical (unpaired) electrons. The summed E-state index contributed by atoms with van der Waals surface area (Å²) in [6.07, 6.45) is 0. The van der Waals surface area contributed by atoms with Crippen LogP contribution in [-0.2, 0) is 9.59 Å². The van der Waals surface area contributed by atoms with Crippen molar-refractivity contribution in [1.29, 1.82) is 0 Å². The standard InChI is InChI=1S/C33H26N2O3/c1-18-15-19(2)17-20(16-18)34-31(36)25-13-7-8-14-26(25)35-32(37)29-27-21-9-3-4-10-22(21)28(30(29)33(35)38)24-12-6-5-11-23(24)27/h3-17,27-30H,1-2H3,(H,34,36)/t27?,28?,29-,30+. The fourth-order valence-corrected chi connectivity index (χ4v) is 7.02. The third kappa shape index (κ3) is 3.14. The molecule has 8 rings (SSSR count). The van der Waals surface area contributed by atoms with Crippen molar-refractivity contribution in [3.05, 3.63) is 130 Å². The maximum atomic E-state index is 14.2. The zero-order valence-corrected chi connectivity index (χ0v) is 21.1. The van der Waals surface area contributed by atoms with E-state index in [1.54, 1.807) is 24.3 Å². The Hall–Kier alpha value is -4.51. The fraction of sp³-hybridized carbons (Fsp3) is 0.182. The molecular weight excluding hydrogens is 472 g/mol. The number of hydrogen-bond acceptors (Lipinski definition) is 3. The minimum Gasteiger partial charge on any atom is -0.322 e. The highest BCUT2D eigenvalue weighted by Crippen LogP contribution is 2.61. The second-order valence-corrected chi connectivity index (χ2v) is 10.6. The van der Waals surface area contributed by atoms with E-state index in [-0.39, 0.29) is 29.6 Å². The summed E-state index contributed by atoms with van der Waals surface area (Å²) in [7, 11) is 0. The molecule has 0 saturated carbocycles. The topological polar surface area (TPSA) is 66.5 Å². The van der Waals surface area contributed by atoms with Crippen LogP contribution in [0.5, 0.6) is 0 Å². The number of imide groups is 1. The summed E-state index contributed by atoms with van der Waals surface area (Å²) < 4.78 is 0. The number of nitrogens with one attached hydrogen (secondary N) is 1. The van der Waals surface area contributed by atoms with Gasteiger partial charge < -0.3 is 5.32 Å². The van der Waals surface area contributed by atoms with Crippen LogP contribution in [0, 0.1) is 25.7 Å². The number of benzene rings is 4. The van der Waals surface area contributed by atoms with Crippen LogP contribution in [0.4, 0.5) is 11.4 Å². The summed E-state index contributed by atoms with van der Waals surface area (Å²) in [6, 6.07) is 29.1. The molecule has 0 aromatic heterocycles. The molecule has 2 bridgehead atoms. The average molecular weight is 499 g/mol. The number of hydrogen-bond donors (Lipinski definition) is 1. The molecule has 0 spiro atoms. The second-order valence-electron chi connectivity index (χ2n) is 10.6. The molecule has 1 saturated heterocycles. The molecule has 5 heteroatoms. The number of rotatable bonds is 3. The molecule has 3 amide bonds. The molecule has 2 atom stereocenters. The van der Waals surface area contributed by atoms with Crippen LogP contribution in [0.15, 0.2) is 91.0 Å². The Balaban J connectivity index is 1.31. The number of para-hydroxylation sites is 1. The van der Waals surface area contributed by atoms with E-state index < -0.39 is 11.8 Å². The first-order valence-electron chi connectivity index (χ1n) is 13.0. The van der Waals surface area contributed by atoms with Gasteiger partial charge in [0.05, 0.1) is 23.1 Å². The van der Waals surface area contributed by atoms with Crippen molar-refractivity contribution in [1.82, 2.24) is 0 Å². The summed E-state index contributed by atoms with van der Waals surface area (Å²) >= 11 is 0. The number of anilines is 2. The van der Waals surface area contributed by atoms with E-state index in [1.165, 1.54) is 4.90 Å². The predicted octanol–water partition coefficient (Wildman–Crippen LogP) is 5.95. The predicted molar refractivity (Wildman–Crippen MR) is 146 cm³/mol. The lowest BCUT2D eigenvalue weighted by Gasteiger charge is -2.45. The third-order valence-corrected chi connectivity index (χ3v) is 8.32. The van der Waals surface area contributed by atoms with Crippen molar-refractivity contribution in [2.24, 2.45) is 11.8 Å². The molecule has 38 heavy (non-hydrogen) atoms. The monoisotopic (exact) mass is 498 g/mol. The summed E-state index contributed by atoms with van der Waals surface area (Å²) in [5, 5.41) is 2.97. The molecule has 1 fully saturated rings. The molecule has 1 N–H and O–H groups in total. The highest BCUT2D eigenvalue weighted by Gasteiger charge is 2.62. The van der Waals surface area contributed by atoms with Gasteiger partial charge >= 0.3 is 0 Å². The van der Waals surface area contributed by atoms with Gasteiger partial charge in [-0.05, 0) is 71.5 Å². The molecule has 4 aromatic carbocycles. The fourth-order valence-electron chi connectivity index (χ4n) is 7.02. The van der Waals surface area contributed by atoms with Gasteiger partial charge in [-0.3, -0.25) is 14.4 Å². The molecule has 4 aliphatic rings. The Morgan fingerprint density at radius 2 is 1.11 bits per heavy atom. The SMILES string of the molecule is Cc1cc(C)cc(NC(=O)c2ccccc2N2C(=O)[C@@H]3C4c5ccccc5C(c5ccccc54)[C@@H]3C2=O)c1. The van der Waals surface area contributed by atoms with Crippen LogP contribution in [0.2, 0.25) is 0 Å². The van der Waals surface area contributed by atoms with Gasteiger partial charge in [0, 0.05) is 17.5 Å². The lowest BCUT2D eigenvalue weighted by molar-refractivity contribution is -0.122. The van der Waals surface area contributed by atoms with Crippen LogP contribution in [0.25, 0.3) is 0 Å². The normalized spacial score (nSPS) is 22.6. The third-order valence-electron chi connectivity index (χ3n) is 8.32. The van der Waals surface area contributed by atoms with E-state index >= 15 is 0 Å². The summed E-state index contributed by atoms with van der Waals surface area (Å²) in [4.78, 5) is 43.1. The Morgan fingerprint density at radius 1 is 0.658 bits per heavy atom. The number of carbonyl (C=O) groups is 3. The van der Waals surface area contributed by atoms with Crippen molar-refractivity contribution in [3.8, 4) is 0 Å². The summed E-state index contributed by atoms with van der Waals surface area (Å²) in [5.74, 6) is -2.17. The van der Waals surface area contributed by atoms with Crippen molar-refractivity contribution in [2.75, 3.05) is 10.2 Å². The molecule has 4 aromatic rings. The van der Waals surface area contributed by atoms with Crippen LogP contribution in [0.1, 0.15) is 55.6 Å². The van der Waals surface area contributed by atoms with Gasteiger partial charge in [-0.1, -0.05) is 66.7 Å². The highest BCUT2D eigenvalue weighted by atomic mass is 16.2. The second kappa shape index (κ2) is 8.25. The van der Waals surface area contributed by atoms with E-state index in [0.29, 0.717) is 16.9 Å². The zero-order chi connectivity index (χ0) is 26.1. The van der Waals surface area contributed by atoms with Crippen LogP contribution in [0.3, 0.4) is 0 Å². The molecule has 5 nitrogen and oxygen atoms in total. The molecular formula is C33H26N2O3. The van der Waals surface area contributed by atoms with Gasteiger partial charge in [-0.25, -0.2) is 4.90 Å². The zero-order valence-electron chi connectivity index (χ0n) is 21.1. The average Bonchev–Trinajstić information content (AvgIpc) is 3.18. The van der Waals surface area contributed by atoms with Gasteiger partial charge in [-0.2, -0.15) is 0 Å². The largest absolute Gasteiger partial charge is 0.322 e. The lowest BCUT2D eigenvalue weighted by Crippen LogP contribution is -2.41. The van der Waals surface area contributed by atoms with Gasteiger partial charge in [0.15, 0.2) is 0 Å². The first-order valence-corrected chi connectivity index (χ1v) is 13.0. The maximum Gasteiger partial charge on any atom is 0.257 e. The van der Waals surface area contributed by atoms with E-state index in [4.69, 9.17) is 0 Å². The quantitative estimate of drug-likeness (QED) is 0.355. The van der Waals surface area contributed by atoms with Crippen LogP contribution < -0.4 is 10.2 Å². The maximum absolute atomic E-state index is 14.2. The molecule has 1 heterocycles. The summed E-state index contributed by atoms with van der Waals surface area (Å²) in [6.45, 7) is 3.95. The Morgan fingerprint density at radius 3 is 1.61 bits per heavy atom. The van der Waals surface area contributed by atoms with E-state index in [1.807, 2.05) is 56.3 Å². The van der Waals surface area contributed by atoms with Crippen molar-refractivity contribution in [2.45, 2.75) is 25.7 Å². The van der Waals surface area contributed by atoms with Gasteiger partial charge in [-0.15, -0.1) is 0 Å². The number of aryl methyl sites for hydroxylation is 2. The minimum atomic E-state index is -0.493. The van der Waals surface area contributed by atoms with Gasteiger partial charge in [0.25, 0.3) is 5.91 Å².